The number of para-hydroxylation sites is 1. The first-order valence-electron chi connectivity index (χ1n) is 8.75. The summed E-state index contributed by atoms with van der Waals surface area (Å²) in [7, 11) is 0. The third kappa shape index (κ3) is 3.06. The summed E-state index contributed by atoms with van der Waals surface area (Å²) in [6, 6.07) is 17.9. The van der Waals surface area contributed by atoms with Gasteiger partial charge in [0.25, 0.3) is 0 Å². The van der Waals surface area contributed by atoms with Crippen LogP contribution in [0.5, 0.6) is 0 Å². The molecular weight excluding hydrogens is 334 g/mol. The van der Waals surface area contributed by atoms with E-state index in [1.165, 1.54) is 5.56 Å². The van der Waals surface area contributed by atoms with Gasteiger partial charge in [0.2, 0.25) is 5.91 Å². The van der Waals surface area contributed by atoms with Crippen LogP contribution < -0.4 is 10.6 Å². The lowest BCUT2D eigenvalue weighted by molar-refractivity contribution is -0.121. The number of rotatable bonds is 3. The highest BCUT2D eigenvalue weighted by atomic mass is 35.5. The Labute approximate surface area is 153 Å². The Morgan fingerprint density at radius 1 is 1.00 bits per heavy atom. The van der Waals surface area contributed by atoms with Crippen molar-refractivity contribution in [2.45, 2.75) is 24.4 Å². The summed E-state index contributed by atoms with van der Waals surface area (Å²) in [5, 5.41) is 0.622. The number of likely N-dealkylation sites (tertiary alicyclic amines) is 1. The molecule has 1 amide bonds. The molecular formula is C20H22ClN3O. The molecule has 2 aromatic carbocycles. The van der Waals surface area contributed by atoms with Crippen LogP contribution in [-0.2, 0) is 4.79 Å². The second kappa shape index (κ2) is 6.79. The molecule has 4 nitrogen and oxygen atoms in total. The monoisotopic (exact) mass is 355 g/mol. The minimum atomic E-state index is -0.101. The van der Waals surface area contributed by atoms with Gasteiger partial charge in [-0.3, -0.25) is 9.69 Å². The number of anilines is 1. The highest BCUT2D eigenvalue weighted by Crippen LogP contribution is 2.34. The number of nitrogens with two attached hydrogens (primary N) is 1. The zero-order valence-electron chi connectivity index (χ0n) is 14.0. The summed E-state index contributed by atoms with van der Waals surface area (Å²) in [6.45, 7) is 2.29. The molecule has 0 bridgehead atoms. The maximum atomic E-state index is 13.0. The molecule has 0 aliphatic carbocycles. The van der Waals surface area contributed by atoms with Crippen LogP contribution in [0.3, 0.4) is 0 Å². The smallest absolute Gasteiger partial charge is 0.244 e. The zero-order chi connectivity index (χ0) is 17.4. The standard InChI is InChI=1S/C20H22ClN3O/c21-16-8-4-5-9-18(16)24-11-10-19(20(24)25)23-12-15(17(22)13-23)14-6-2-1-3-7-14/h1-9,15,17,19H,10-13,22H2/t15-,17+,19?/m0/s1. The molecule has 3 atom stereocenters. The summed E-state index contributed by atoms with van der Waals surface area (Å²) in [6.07, 6.45) is 0.818. The van der Waals surface area contributed by atoms with Gasteiger partial charge in [0, 0.05) is 31.6 Å². The molecule has 2 N–H and O–H groups in total. The number of benzene rings is 2. The molecule has 2 aliphatic heterocycles. The molecule has 4 rings (SSSR count). The van der Waals surface area contributed by atoms with Crippen LogP contribution in [0, 0.1) is 0 Å². The van der Waals surface area contributed by atoms with Gasteiger partial charge in [0.15, 0.2) is 0 Å². The van der Waals surface area contributed by atoms with E-state index in [4.69, 9.17) is 17.3 Å². The first-order valence-corrected chi connectivity index (χ1v) is 9.13. The number of carbonyl (C=O) groups excluding carboxylic acids is 1. The molecule has 5 heteroatoms. The molecule has 25 heavy (non-hydrogen) atoms. The van der Waals surface area contributed by atoms with Crippen LogP contribution in [0.4, 0.5) is 5.69 Å². The average molecular weight is 356 g/mol. The predicted octanol–water partition coefficient (Wildman–Crippen LogP) is 2.87. The van der Waals surface area contributed by atoms with Gasteiger partial charge in [-0.2, -0.15) is 0 Å². The van der Waals surface area contributed by atoms with Crippen LogP contribution in [0.15, 0.2) is 54.6 Å². The minimum Gasteiger partial charge on any atom is -0.326 e. The van der Waals surface area contributed by atoms with E-state index in [0.29, 0.717) is 11.6 Å². The Kier molecular flexibility index (Phi) is 4.50. The molecule has 2 aromatic rings. The maximum Gasteiger partial charge on any atom is 0.244 e. The van der Waals surface area contributed by atoms with E-state index < -0.39 is 0 Å². The van der Waals surface area contributed by atoms with Gasteiger partial charge in [-0.15, -0.1) is 0 Å². The number of hydrogen-bond acceptors (Lipinski definition) is 3. The Morgan fingerprint density at radius 2 is 1.72 bits per heavy atom. The highest BCUT2D eigenvalue weighted by molar-refractivity contribution is 6.33. The second-order valence-corrected chi connectivity index (χ2v) is 7.29. The molecule has 0 spiro atoms. The average Bonchev–Trinajstić information content (AvgIpc) is 3.19. The van der Waals surface area contributed by atoms with E-state index in [9.17, 15) is 4.79 Å². The van der Waals surface area contributed by atoms with Crippen molar-refractivity contribution < 1.29 is 4.79 Å². The molecule has 1 unspecified atom stereocenters. The molecule has 2 aliphatic rings. The summed E-state index contributed by atoms with van der Waals surface area (Å²) in [5.41, 5.74) is 8.46. The largest absolute Gasteiger partial charge is 0.326 e. The van der Waals surface area contributed by atoms with Gasteiger partial charge in [-0.05, 0) is 24.1 Å². The number of amides is 1. The minimum absolute atomic E-state index is 0.0598. The topological polar surface area (TPSA) is 49.6 Å². The summed E-state index contributed by atoms with van der Waals surface area (Å²) in [4.78, 5) is 17.0. The SMILES string of the molecule is N[C@@H]1CN(C2CCN(c3ccccc3Cl)C2=O)C[C@H]1c1ccccc1. The molecule has 0 radical (unpaired) electrons. The number of halogens is 1. The van der Waals surface area contributed by atoms with Gasteiger partial charge in [0.05, 0.1) is 16.8 Å². The van der Waals surface area contributed by atoms with Gasteiger partial charge in [0.1, 0.15) is 0 Å². The molecule has 0 aromatic heterocycles. The highest BCUT2D eigenvalue weighted by Gasteiger charge is 2.42. The van der Waals surface area contributed by atoms with Gasteiger partial charge in [-0.25, -0.2) is 0 Å². The van der Waals surface area contributed by atoms with E-state index in [2.05, 4.69) is 17.0 Å². The van der Waals surface area contributed by atoms with Crippen molar-refractivity contribution in [3.05, 3.63) is 65.2 Å². The lowest BCUT2D eigenvalue weighted by Crippen LogP contribution is -2.41. The summed E-state index contributed by atoms with van der Waals surface area (Å²) >= 11 is 6.28. The predicted molar refractivity (Wildman–Crippen MR) is 101 cm³/mol. The fourth-order valence-electron chi connectivity index (χ4n) is 4.08. The summed E-state index contributed by atoms with van der Waals surface area (Å²) < 4.78 is 0. The molecule has 130 valence electrons. The maximum absolute atomic E-state index is 13.0. The van der Waals surface area contributed by atoms with E-state index in [0.717, 1.165) is 25.2 Å². The van der Waals surface area contributed by atoms with Crippen molar-refractivity contribution in [1.29, 1.82) is 0 Å². The van der Waals surface area contributed by atoms with E-state index in [1.807, 2.05) is 47.4 Å². The quantitative estimate of drug-likeness (QED) is 0.921. The van der Waals surface area contributed by atoms with Gasteiger partial charge in [-0.1, -0.05) is 54.1 Å². The zero-order valence-corrected chi connectivity index (χ0v) is 14.8. The van der Waals surface area contributed by atoms with Crippen molar-refractivity contribution in [1.82, 2.24) is 4.90 Å². The number of nitrogens with zero attached hydrogens (tertiary/aromatic N) is 2. The Morgan fingerprint density at radius 3 is 2.48 bits per heavy atom. The Bertz CT molecular complexity index is 767. The molecule has 0 saturated carbocycles. The third-order valence-electron chi connectivity index (χ3n) is 5.38. The number of hydrogen-bond donors (Lipinski definition) is 1. The third-order valence-corrected chi connectivity index (χ3v) is 5.70. The van der Waals surface area contributed by atoms with E-state index >= 15 is 0 Å². The van der Waals surface area contributed by atoms with Crippen LogP contribution >= 0.6 is 11.6 Å². The fourth-order valence-corrected chi connectivity index (χ4v) is 4.32. The molecule has 2 heterocycles. The van der Waals surface area contributed by atoms with Crippen LogP contribution in [0.25, 0.3) is 0 Å². The Hall–Kier alpha value is -1.88. The van der Waals surface area contributed by atoms with Gasteiger partial charge >= 0.3 is 0 Å². The van der Waals surface area contributed by atoms with E-state index in [1.54, 1.807) is 0 Å². The molecule has 2 saturated heterocycles. The molecule has 2 fully saturated rings. The summed E-state index contributed by atoms with van der Waals surface area (Å²) in [5.74, 6) is 0.414. The first-order chi connectivity index (χ1) is 12.1. The fraction of sp³-hybridized carbons (Fsp3) is 0.350. The Balaban J connectivity index is 1.50. The van der Waals surface area contributed by atoms with Crippen molar-refractivity contribution in [3.8, 4) is 0 Å². The second-order valence-electron chi connectivity index (χ2n) is 6.88. The van der Waals surface area contributed by atoms with E-state index in [-0.39, 0.29) is 23.9 Å². The van der Waals surface area contributed by atoms with Crippen LogP contribution in [0.1, 0.15) is 17.9 Å². The lowest BCUT2D eigenvalue weighted by atomic mass is 9.95. The van der Waals surface area contributed by atoms with Crippen LogP contribution in [-0.4, -0.2) is 42.5 Å². The van der Waals surface area contributed by atoms with Crippen molar-refractivity contribution in [2.75, 3.05) is 24.5 Å². The van der Waals surface area contributed by atoms with Gasteiger partial charge < -0.3 is 10.6 Å². The lowest BCUT2D eigenvalue weighted by Gasteiger charge is -2.23. The normalized spacial score (nSPS) is 27.2. The van der Waals surface area contributed by atoms with Crippen molar-refractivity contribution in [2.24, 2.45) is 5.73 Å². The van der Waals surface area contributed by atoms with Crippen molar-refractivity contribution in [3.63, 3.8) is 0 Å². The first kappa shape index (κ1) is 16.6. The van der Waals surface area contributed by atoms with Crippen LogP contribution in [0.2, 0.25) is 5.02 Å². The van der Waals surface area contributed by atoms with Crippen molar-refractivity contribution >= 4 is 23.2 Å². The number of carbonyl (C=O) groups is 1.